The van der Waals surface area contributed by atoms with Gasteiger partial charge in [0, 0.05) is 5.02 Å². The molecule has 0 saturated heterocycles. The van der Waals surface area contributed by atoms with Crippen molar-refractivity contribution in [2.24, 2.45) is 5.92 Å². The minimum absolute atomic E-state index is 0.0627. The molecule has 1 aliphatic rings. The van der Waals surface area contributed by atoms with Crippen molar-refractivity contribution in [1.82, 2.24) is 0 Å². The van der Waals surface area contributed by atoms with Gasteiger partial charge in [0.15, 0.2) is 0 Å². The van der Waals surface area contributed by atoms with Gasteiger partial charge in [-0.15, -0.1) is 0 Å². The summed E-state index contributed by atoms with van der Waals surface area (Å²) in [6.07, 6.45) is 4.10. The van der Waals surface area contributed by atoms with Crippen LogP contribution in [0, 0.1) is 5.92 Å². The van der Waals surface area contributed by atoms with E-state index in [0.717, 1.165) is 30.7 Å². The predicted octanol–water partition coefficient (Wildman–Crippen LogP) is 3.04. The van der Waals surface area contributed by atoms with Gasteiger partial charge < -0.3 is 5.11 Å². The van der Waals surface area contributed by atoms with Crippen LogP contribution in [0.4, 0.5) is 0 Å². The zero-order chi connectivity index (χ0) is 9.97. The number of hydrogen-bond acceptors (Lipinski definition) is 1. The highest BCUT2D eigenvalue weighted by Gasteiger charge is 2.22. The first-order valence-corrected chi connectivity index (χ1v) is 5.54. The van der Waals surface area contributed by atoms with E-state index in [0.29, 0.717) is 5.92 Å². The molecule has 76 valence electrons. The highest BCUT2D eigenvalue weighted by Crippen LogP contribution is 2.28. The average Bonchev–Trinajstić information content (AvgIpc) is 2.56. The first-order valence-electron chi connectivity index (χ1n) is 5.16. The molecule has 1 nitrogen and oxygen atoms in total. The summed E-state index contributed by atoms with van der Waals surface area (Å²) >= 11 is 5.81. The van der Waals surface area contributed by atoms with Crippen LogP contribution in [0.25, 0.3) is 0 Å². The van der Waals surface area contributed by atoms with Crippen LogP contribution in [-0.2, 0) is 6.42 Å². The third-order valence-electron chi connectivity index (χ3n) is 2.95. The van der Waals surface area contributed by atoms with Crippen molar-refractivity contribution in [3.8, 4) is 0 Å². The number of halogens is 1. The minimum Gasteiger partial charge on any atom is -0.393 e. The fourth-order valence-electron chi connectivity index (χ4n) is 2.19. The summed E-state index contributed by atoms with van der Waals surface area (Å²) in [7, 11) is 0. The topological polar surface area (TPSA) is 20.2 Å². The third kappa shape index (κ3) is 2.49. The lowest BCUT2D eigenvalue weighted by molar-refractivity contribution is 0.177. The standard InChI is InChI=1S/C12H15ClO/c13-11-4-1-9(2-5-11)7-10-3-6-12(14)8-10/h1-2,4-5,10,12,14H,3,6-8H2. The lowest BCUT2D eigenvalue weighted by Gasteiger charge is -2.08. The fourth-order valence-corrected chi connectivity index (χ4v) is 2.31. The fraction of sp³-hybridized carbons (Fsp3) is 0.500. The molecule has 0 radical (unpaired) electrons. The third-order valence-corrected chi connectivity index (χ3v) is 3.20. The molecule has 1 aliphatic carbocycles. The van der Waals surface area contributed by atoms with Crippen LogP contribution < -0.4 is 0 Å². The SMILES string of the molecule is OC1CCC(Cc2ccc(Cl)cc2)C1. The smallest absolute Gasteiger partial charge is 0.0543 e. The van der Waals surface area contributed by atoms with Gasteiger partial charge in [0.2, 0.25) is 0 Å². The number of aliphatic hydroxyl groups excluding tert-OH is 1. The van der Waals surface area contributed by atoms with Crippen LogP contribution in [-0.4, -0.2) is 11.2 Å². The molecule has 2 rings (SSSR count). The molecule has 2 unspecified atom stereocenters. The molecule has 1 aromatic rings. The molecule has 0 heterocycles. The van der Waals surface area contributed by atoms with Crippen LogP contribution in [0.1, 0.15) is 24.8 Å². The number of rotatable bonds is 2. The first-order chi connectivity index (χ1) is 6.74. The molecule has 2 atom stereocenters. The Morgan fingerprint density at radius 1 is 1.21 bits per heavy atom. The monoisotopic (exact) mass is 210 g/mol. The molecule has 1 fully saturated rings. The van der Waals surface area contributed by atoms with Gasteiger partial charge in [-0.2, -0.15) is 0 Å². The average molecular weight is 211 g/mol. The van der Waals surface area contributed by atoms with E-state index in [4.69, 9.17) is 11.6 Å². The summed E-state index contributed by atoms with van der Waals surface area (Å²) < 4.78 is 0. The predicted molar refractivity (Wildman–Crippen MR) is 58.5 cm³/mol. The Bertz CT molecular complexity index is 294. The van der Waals surface area contributed by atoms with E-state index in [1.807, 2.05) is 12.1 Å². The first kappa shape index (κ1) is 10.0. The maximum atomic E-state index is 9.40. The molecule has 1 N–H and O–H groups in total. The highest BCUT2D eigenvalue weighted by atomic mass is 35.5. The van der Waals surface area contributed by atoms with E-state index < -0.39 is 0 Å². The van der Waals surface area contributed by atoms with Gasteiger partial charge in [0.05, 0.1) is 6.10 Å². The molecular formula is C12H15ClO. The van der Waals surface area contributed by atoms with Gasteiger partial charge in [-0.25, -0.2) is 0 Å². The zero-order valence-electron chi connectivity index (χ0n) is 8.12. The summed E-state index contributed by atoms with van der Waals surface area (Å²) in [5.74, 6) is 0.658. The minimum atomic E-state index is -0.0627. The van der Waals surface area contributed by atoms with Crippen molar-refractivity contribution < 1.29 is 5.11 Å². The van der Waals surface area contributed by atoms with Crippen molar-refractivity contribution in [2.45, 2.75) is 31.8 Å². The van der Waals surface area contributed by atoms with Gasteiger partial charge in [-0.1, -0.05) is 23.7 Å². The normalized spacial score (nSPS) is 26.7. The Labute approximate surface area is 89.7 Å². The van der Waals surface area contributed by atoms with Crippen LogP contribution >= 0.6 is 11.6 Å². The Morgan fingerprint density at radius 2 is 1.93 bits per heavy atom. The molecule has 1 saturated carbocycles. The quantitative estimate of drug-likeness (QED) is 0.796. The van der Waals surface area contributed by atoms with Gasteiger partial charge >= 0.3 is 0 Å². The second kappa shape index (κ2) is 4.33. The zero-order valence-corrected chi connectivity index (χ0v) is 8.87. The number of benzene rings is 1. The lowest BCUT2D eigenvalue weighted by atomic mass is 9.98. The van der Waals surface area contributed by atoms with Crippen LogP contribution in [0.3, 0.4) is 0 Å². The van der Waals surface area contributed by atoms with Gasteiger partial charge in [0.1, 0.15) is 0 Å². The van der Waals surface area contributed by atoms with Gasteiger partial charge in [-0.3, -0.25) is 0 Å². The Hall–Kier alpha value is -0.530. The number of aliphatic hydroxyl groups is 1. The summed E-state index contributed by atoms with van der Waals surface area (Å²) in [5.41, 5.74) is 1.33. The Balaban J connectivity index is 1.94. The molecule has 14 heavy (non-hydrogen) atoms. The molecule has 2 heteroatoms. The molecule has 0 spiro atoms. The molecule has 0 amide bonds. The van der Waals surface area contributed by atoms with E-state index in [2.05, 4.69) is 12.1 Å². The van der Waals surface area contributed by atoms with Crippen molar-refractivity contribution in [3.63, 3.8) is 0 Å². The van der Waals surface area contributed by atoms with Crippen molar-refractivity contribution in [1.29, 1.82) is 0 Å². The summed E-state index contributed by atoms with van der Waals surface area (Å²) in [4.78, 5) is 0. The van der Waals surface area contributed by atoms with Crippen molar-refractivity contribution in [2.75, 3.05) is 0 Å². The Kier molecular flexibility index (Phi) is 3.09. The number of hydrogen-bond donors (Lipinski definition) is 1. The summed E-state index contributed by atoms with van der Waals surface area (Å²) in [6.45, 7) is 0. The molecule has 0 aliphatic heterocycles. The molecule has 0 bridgehead atoms. The van der Waals surface area contributed by atoms with E-state index in [9.17, 15) is 5.11 Å². The van der Waals surface area contributed by atoms with Crippen LogP contribution in [0.2, 0.25) is 5.02 Å². The maximum Gasteiger partial charge on any atom is 0.0543 e. The van der Waals surface area contributed by atoms with Crippen molar-refractivity contribution in [3.05, 3.63) is 34.9 Å². The molecule has 0 aromatic heterocycles. The van der Waals surface area contributed by atoms with E-state index >= 15 is 0 Å². The van der Waals surface area contributed by atoms with Crippen LogP contribution in [0.5, 0.6) is 0 Å². The van der Waals surface area contributed by atoms with Gasteiger partial charge in [0.25, 0.3) is 0 Å². The maximum absolute atomic E-state index is 9.40. The van der Waals surface area contributed by atoms with Gasteiger partial charge in [-0.05, 0) is 49.3 Å². The highest BCUT2D eigenvalue weighted by molar-refractivity contribution is 6.30. The largest absolute Gasteiger partial charge is 0.393 e. The molecular weight excluding hydrogens is 196 g/mol. The second-order valence-corrected chi connectivity index (χ2v) is 4.60. The van der Waals surface area contributed by atoms with E-state index in [1.54, 1.807) is 0 Å². The second-order valence-electron chi connectivity index (χ2n) is 4.16. The summed E-state index contributed by atoms with van der Waals surface area (Å²) in [5, 5.41) is 10.2. The van der Waals surface area contributed by atoms with Crippen LogP contribution in [0.15, 0.2) is 24.3 Å². The van der Waals surface area contributed by atoms with E-state index in [-0.39, 0.29) is 6.10 Å². The lowest BCUT2D eigenvalue weighted by Crippen LogP contribution is -2.02. The van der Waals surface area contributed by atoms with E-state index in [1.165, 1.54) is 5.56 Å². The summed E-state index contributed by atoms with van der Waals surface area (Å²) in [6, 6.07) is 8.02. The Morgan fingerprint density at radius 3 is 2.50 bits per heavy atom. The molecule has 1 aromatic carbocycles. The van der Waals surface area contributed by atoms with Crippen molar-refractivity contribution >= 4 is 11.6 Å².